The maximum absolute atomic E-state index is 13.9. The number of alkyl halides is 3. The quantitative estimate of drug-likeness (QED) is 0.354. The number of methoxy groups -OCH3 is 1. The molecule has 8 heteroatoms. The lowest BCUT2D eigenvalue weighted by atomic mass is 9.35. The molecule has 1 aromatic rings. The smallest absolute Gasteiger partial charge is 0.416 e. The Morgan fingerprint density at radius 2 is 1.70 bits per heavy atom. The number of carbonyl (C=O) groups excluding carboxylic acids is 3. The molecule has 0 aromatic heterocycles. The van der Waals surface area contributed by atoms with Crippen molar-refractivity contribution >= 4 is 17.7 Å². The second-order valence-electron chi connectivity index (χ2n) is 12.1. The van der Waals surface area contributed by atoms with Crippen molar-refractivity contribution in [3.63, 3.8) is 0 Å². The Kier molecular flexibility index (Phi) is 5.92. The van der Waals surface area contributed by atoms with E-state index in [0.29, 0.717) is 31.3 Å². The van der Waals surface area contributed by atoms with E-state index in [1.54, 1.807) is 0 Å². The number of hydrogen-bond donors (Lipinski definition) is 0. The number of ether oxygens (including phenoxy) is 2. The maximum Gasteiger partial charge on any atom is 0.416 e. The third-order valence-electron chi connectivity index (χ3n) is 10.1. The van der Waals surface area contributed by atoms with Gasteiger partial charge in [-0.1, -0.05) is 26.8 Å². The van der Waals surface area contributed by atoms with Crippen LogP contribution in [0.4, 0.5) is 13.2 Å². The number of rotatable bonds is 3. The number of halogens is 3. The van der Waals surface area contributed by atoms with Gasteiger partial charge in [0.25, 0.3) is 0 Å². The van der Waals surface area contributed by atoms with Crippen LogP contribution in [0.2, 0.25) is 0 Å². The molecule has 0 radical (unpaired) electrons. The van der Waals surface area contributed by atoms with Crippen molar-refractivity contribution in [3.05, 3.63) is 47.5 Å². The van der Waals surface area contributed by atoms with Crippen LogP contribution in [-0.2, 0) is 25.2 Å². The molecule has 0 N–H and O–H groups in total. The molecule has 5 aliphatic rings. The molecule has 6 rings (SSSR count). The zero-order valence-corrected chi connectivity index (χ0v) is 21.5. The number of ketones is 1. The number of esters is 2. The summed E-state index contributed by atoms with van der Waals surface area (Å²) in [6.07, 6.45) is -0.854. The molecule has 0 amide bonds. The van der Waals surface area contributed by atoms with Gasteiger partial charge in [0.2, 0.25) is 0 Å². The molecule has 5 aliphatic carbocycles. The van der Waals surface area contributed by atoms with E-state index in [1.165, 1.54) is 7.11 Å². The van der Waals surface area contributed by atoms with E-state index >= 15 is 0 Å². The molecule has 5 fully saturated rings. The van der Waals surface area contributed by atoms with Crippen molar-refractivity contribution in [2.45, 2.75) is 71.1 Å². The van der Waals surface area contributed by atoms with Crippen LogP contribution in [0.5, 0.6) is 0 Å². The van der Waals surface area contributed by atoms with E-state index in [9.17, 15) is 27.6 Å². The second kappa shape index (κ2) is 8.43. The molecule has 5 nitrogen and oxygen atoms in total. The van der Waals surface area contributed by atoms with Gasteiger partial charge in [-0.25, -0.2) is 4.79 Å². The fourth-order valence-electron chi connectivity index (χ4n) is 8.45. The van der Waals surface area contributed by atoms with Crippen LogP contribution >= 0.6 is 0 Å². The van der Waals surface area contributed by atoms with E-state index in [0.717, 1.165) is 43.5 Å². The Morgan fingerprint density at radius 3 is 2.32 bits per heavy atom. The summed E-state index contributed by atoms with van der Waals surface area (Å²) >= 11 is 0. The van der Waals surface area contributed by atoms with E-state index in [2.05, 4.69) is 20.4 Å². The summed E-state index contributed by atoms with van der Waals surface area (Å²) in [6.45, 7) is 8.30. The van der Waals surface area contributed by atoms with Crippen molar-refractivity contribution in [2.24, 2.45) is 34.0 Å². The summed E-state index contributed by atoms with van der Waals surface area (Å²) in [5.74, 6) is -1.76. The second-order valence-corrected chi connectivity index (χ2v) is 12.1. The third kappa shape index (κ3) is 3.61. The predicted molar refractivity (Wildman–Crippen MR) is 128 cm³/mol. The highest BCUT2D eigenvalue weighted by Crippen LogP contribution is 2.72. The van der Waals surface area contributed by atoms with Crippen LogP contribution in [0.3, 0.4) is 0 Å². The Labute approximate surface area is 214 Å². The third-order valence-corrected chi connectivity index (χ3v) is 10.1. The molecule has 3 unspecified atom stereocenters. The summed E-state index contributed by atoms with van der Waals surface area (Å²) in [6, 6.07) is 3.91. The van der Waals surface area contributed by atoms with Gasteiger partial charge in [-0.3, -0.25) is 9.59 Å². The molecular formula is C29H33F3O5. The Morgan fingerprint density at radius 1 is 1.03 bits per heavy atom. The molecule has 37 heavy (non-hydrogen) atoms. The monoisotopic (exact) mass is 518 g/mol. The highest BCUT2D eigenvalue weighted by molar-refractivity contribution is 6.03. The Bertz CT molecular complexity index is 1150. The molecule has 2 bridgehead atoms. The lowest BCUT2D eigenvalue weighted by Crippen LogP contribution is -2.71. The van der Waals surface area contributed by atoms with Crippen LogP contribution in [0, 0.1) is 34.0 Å². The Balaban J connectivity index is 1.58. The standard InChI is InChI=1S/C29H33F3O5/c1-16-18-10-13-28(23(16)33)21(14-18)27(25(35)36-4)12-5-11-26(2,3)20(27)15-22(28)37-24(34)17-6-8-19(9-7-17)29(30,31)32/h6-9,18,20-22H,1,5,10-15H2,2-4H3/t18-,20?,21?,22+,27?,28+/m0/s1. The lowest BCUT2D eigenvalue weighted by Gasteiger charge is -2.67. The summed E-state index contributed by atoms with van der Waals surface area (Å²) in [5, 5.41) is 0. The summed E-state index contributed by atoms with van der Waals surface area (Å²) in [5.41, 5.74) is -2.56. The van der Waals surface area contributed by atoms with Crippen molar-refractivity contribution in [2.75, 3.05) is 7.11 Å². The van der Waals surface area contributed by atoms with E-state index < -0.39 is 34.6 Å². The minimum atomic E-state index is -4.52. The fraction of sp³-hybridized carbons (Fsp3) is 0.621. The van der Waals surface area contributed by atoms with Crippen molar-refractivity contribution in [1.82, 2.24) is 0 Å². The van der Waals surface area contributed by atoms with Crippen LogP contribution in [0.1, 0.15) is 74.7 Å². The number of Topliss-reactive ketones (excluding diaryl/α,β-unsaturated/α-hetero) is 1. The first kappa shape index (κ1) is 26.0. The van der Waals surface area contributed by atoms with Gasteiger partial charge in [0.15, 0.2) is 5.78 Å². The molecule has 6 atom stereocenters. The first-order valence-electron chi connectivity index (χ1n) is 13.0. The molecule has 1 aromatic carbocycles. The first-order valence-corrected chi connectivity index (χ1v) is 13.0. The van der Waals surface area contributed by atoms with Gasteiger partial charge < -0.3 is 9.47 Å². The van der Waals surface area contributed by atoms with Gasteiger partial charge in [0.05, 0.1) is 29.1 Å². The highest BCUT2D eigenvalue weighted by Gasteiger charge is 2.74. The molecule has 1 spiro atoms. The zero-order chi connectivity index (χ0) is 27.0. The van der Waals surface area contributed by atoms with Crippen LogP contribution in [0.25, 0.3) is 0 Å². The topological polar surface area (TPSA) is 69.7 Å². The van der Waals surface area contributed by atoms with Gasteiger partial charge in [-0.15, -0.1) is 0 Å². The average molecular weight is 519 g/mol. The number of fused-ring (bicyclic) bond motifs is 3. The van der Waals surface area contributed by atoms with Gasteiger partial charge in [0, 0.05) is 0 Å². The fourth-order valence-corrected chi connectivity index (χ4v) is 8.45. The molecule has 0 saturated heterocycles. The van der Waals surface area contributed by atoms with Crippen LogP contribution in [-0.4, -0.2) is 30.9 Å². The van der Waals surface area contributed by atoms with Gasteiger partial charge in [0.1, 0.15) is 6.10 Å². The van der Waals surface area contributed by atoms with Gasteiger partial charge in [-0.2, -0.15) is 13.2 Å². The van der Waals surface area contributed by atoms with Crippen molar-refractivity contribution in [3.8, 4) is 0 Å². The average Bonchev–Trinajstić information content (AvgIpc) is 2.86. The predicted octanol–water partition coefficient (Wildman–Crippen LogP) is 6.16. The largest absolute Gasteiger partial charge is 0.469 e. The van der Waals surface area contributed by atoms with Crippen molar-refractivity contribution in [1.29, 1.82) is 0 Å². The zero-order valence-electron chi connectivity index (χ0n) is 21.5. The minimum Gasteiger partial charge on any atom is -0.469 e. The minimum absolute atomic E-state index is 0.00979. The van der Waals surface area contributed by atoms with Gasteiger partial charge in [-0.05, 0) is 91.5 Å². The molecule has 200 valence electrons. The van der Waals surface area contributed by atoms with Crippen LogP contribution < -0.4 is 0 Å². The number of hydrogen-bond acceptors (Lipinski definition) is 5. The summed E-state index contributed by atoms with van der Waals surface area (Å²) in [4.78, 5) is 40.9. The number of benzene rings is 1. The SMILES string of the molecule is C=C1C(=O)[C@]23CC[C@H]1CC2C1(C(=O)OC)CCCC(C)(C)C1C[C@H]3OC(=O)c1ccc(C(F)(F)F)cc1. The number of allylic oxidation sites excluding steroid dienone is 1. The first-order chi connectivity index (χ1) is 17.3. The highest BCUT2D eigenvalue weighted by atomic mass is 19.4. The van der Waals surface area contributed by atoms with Gasteiger partial charge >= 0.3 is 18.1 Å². The Hall–Kier alpha value is -2.64. The summed E-state index contributed by atoms with van der Waals surface area (Å²) < 4.78 is 50.5. The van der Waals surface area contributed by atoms with E-state index in [1.807, 2.05) is 0 Å². The van der Waals surface area contributed by atoms with E-state index in [4.69, 9.17) is 9.47 Å². The molecular weight excluding hydrogens is 485 g/mol. The normalized spacial score (nSPS) is 36.4. The molecule has 0 heterocycles. The molecule has 0 aliphatic heterocycles. The van der Waals surface area contributed by atoms with E-state index in [-0.39, 0.29) is 40.5 Å². The number of carbonyl (C=O) groups is 3. The lowest BCUT2D eigenvalue weighted by molar-refractivity contribution is -0.227. The van der Waals surface area contributed by atoms with Crippen LogP contribution in [0.15, 0.2) is 36.4 Å². The summed E-state index contributed by atoms with van der Waals surface area (Å²) in [7, 11) is 1.39. The maximum atomic E-state index is 13.9. The van der Waals surface area contributed by atoms with Crippen molar-refractivity contribution < 1.29 is 37.0 Å². The molecule has 5 saturated carbocycles.